The molecule has 1 aromatic carbocycles. The Labute approximate surface area is 157 Å². The largest absolute Gasteiger partial charge is 0.496 e. The smallest absolute Gasteiger partial charge is 0.303 e. The molecule has 148 valence electrons. The van der Waals surface area contributed by atoms with Gasteiger partial charge in [-0.15, -0.1) is 0 Å². The molecule has 0 aromatic heterocycles. The van der Waals surface area contributed by atoms with Crippen LogP contribution in [0.2, 0.25) is 0 Å². The lowest BCUT2D eigenvalue weighted by Crippen LogP contribution is -2.48. The van der Waals surface area contributed by atoms with Crippen LogP contribution in [0.3, 0.4) is 0 Å². The summed E-state index contributed by atoms with van der Waals surface area (Å²) in [5, 5.41) is 11.0. The number of nitrogens with two attached hydrogens (primary N) is 1. The SMILES string of the molecule is COc1ccccc1CCC(=O)N(C)CC(=O)NC(CCC(=O)O)C(N)=O. The van der Waals surface area contributed by atoms with Crippen LogP contribution in [0.25, 0.3) is 0 Å². The van der Waals surface area contributed by atoms with Crippen LogP contribution in [0.1, 0.15) is 24.8 Å². The maximum Gasteiger partial charge on any atom is 0.303 e. The maximum atomic E-state index is 12.2. The highest BCUT2D eigenvalue weighted by molar-refractivity contribution is 5.89. The number of likely N-dealkylation sites (N-methyl/N-ethyl adjacent to an activating group) is 1. The number of hydrogen-bond acceptors (Lipinski definition) is 5. The van der Waals surface area contributed by atoms with Crippen molar-refractivity contribution in [1.29, 1.82) is 0 Å². The summed E-state index contributed by atoms with van der Waals surface area (Å²) in [4.78, 5) is 47.4. The van der Waals surface area contributed by atoms with E-state index in [1.54, 1.807) is 13.2 Å². The molecule has 1 aromatic rings. The van der Waals surface area contributed by atoms with Gasteiger partial charge in [0.25, 0.3) is 0 Å². The Balaban J connectivity index is 2.52. The van der Waals surface area contributed by atoms with Gasteiger partial charge < -0.3 is 25.8 Å². The van der Waals surface area contributed by atoms with Crippen molar-refractivity contribution in [2.24, 2.45) is 5.73 Å². The van der Waals surface area contributed by atoms with E-state index in [1.165, 1.54) is 11.9 Å². The van der Waals surface area contributed by atoms with Gasteiger partial charge in [-0.05, 0) is 24.5 Å². The molecule has 1 unspecified atom stereocenters. The molecule has 9 nitrogen and oxygen atoms in total. The summed E-state index contributed by atoms with van der Waals surface area (Å²) in [5.74, 6) is -2.07. The first kappa shape index (κ1) is 21.9. The van der Waals surface area contributed by atoms with Crippen LogP contribution in [0.15, 0.2) is 24.3 Å². The van der Waals surface area contributed by atoms with Crippen molar-refractivity contribution in [2.45, 2.75) is 31.7 Å². The van der Waals surface area contributed by atoms with Crippen molar-refractivity contribution in [3.8, 4) is 5.75 Å². The number of aliphatic carboxylic acids is 1. The minimum absolute atomic E-state index is 0.109. The molecular weight excluding hydrogens is 354 g/mol. The maximum absolute atomic E-state index is 12.2. The van der Waals surface area contributed by atoms with E-state index in [-0.39, 0.29) is 31.7 Å². The van der Waals surface area contributed by atoms with Gasteiger partial charge in [0.05, 0.1) is 13.7 Å². The number of rotatable bonds is 11. The third-order valence-electron chi connectivity index (χ3n) is 3.93. The van der Waals surface area contributed by atoms with E-state index in [2.05, 4.69) is 5.32 Å². The van der Waals surface area contributed by atoms with Gasteiger partial charge in [0, 0.05) is 19.9 Å². The van der Waals surface area contributed by atoms with Gasteiger partial charge in [0.15, 0.2) is 0 Å². The second kappa shape index (κ2) is 10.8. The molecule has 0 aliphatic carbocycles. The average molecular weight is 379 g/mol. The molecule has 0 radical (unpaired) electrons. The topological polar surface area (TPSA) is 139 Å². The van der Waals surface area contributed by atoms with Crippen molar-refractivity contribution in [3.63, 3.8) is 0 Å². The fourth-order valence-electron chi connectivity index (χ4n) is 2.44. The number of hydrogen-bond donors (Lipinski definition) is 3. The zero-order valence-electron chi connectivity index (χ0n) is 15.4. The van der Waals surface area contributed by atoms with Crippen molar-refractivity contribution in [3.05, 3.63) is 29.8 Å². The molecule has 0 fully saturated rings. The standard InChI is InChI=1S/C18H25N3O6/c1-21(11-15(22)20-13(18(19)26)8-10-17(24)25)16(23)9-7-12-5-3-4-6-14(12)27-2/h3-6,13H,7-11H2,1-2H3,(H2,19,26)(H,20,22)(H,24,25). The molecule has 0 saturated carbocycles. The number of carbonyl (C=O) groups excluding carboxylic acids is 3. The van der Waals surface area contributed by atoms with E-state index in [4.69, 9.17) is 15.6 Å². The Hall–Kier alpha value is -3.10. The van der Waals surface area contributed by atoms with E-state index in [1.807, 2.05) is 18.2 Å². The monoisotopic (exact) mass is 379 g/mol. The van der Waals surface area contributed by atoms with Crippen LogP contribution in [-0.2, 0) is 25.6 Å². The Morgan fingerprint density at radius 1 is 1.22 bits per heavy atom. The van der Waals surface area contributed by atoms with Gasteiger partial charge in [0.2, 0.25) is 17.7 Å². The predicted octanol–water partition coefficient (Wildman–Crippen LogP) is -0.0789. The van der Waals surface area contributed by atoms with Gasteiger partial charge >= 0.3 is 5.97 Å². The van der Waals surface area contributed by atoms with Crippen LogP contribution >= 0.6 is 0 Å². The second-order valence-corrected chi connectivity index (χ2v) is 6.02. The normalized spacial score (nSPS) is 11.3. The number of methoxy groups -OCH3 is 1. The fourth-order valence-corrected chi connectivity index (χ4v) is 2.44. The van der Waals surface area contributed by atoms with Crippen LogP contribution in [0.4, 0.5) is 0 Å². The predicted molar refractivity (Wildman–Crippen MR) is 96.9 cm³/mol. The summed E-state index contributed by atoms with van der Waals surface area (Å²) < 4.78 is 5.23. The van der Waals surface area contributed by atoms with Gasteiger partial charge in [-0.3, -0.25) is 19.2 Å². The Kier molecular flexibility index (Phi) is 8.77. The summed E-state index contributed by atoms with van der Waals surface area (Å²) in [6.07, 6.45) is 0.225. The Morgan fingerprint density at radius 3 is 2.48 bits per heavy atom. The number of primary amides is 1. The number of carboxylic acids is 1. The molecule has 0 bridgehead atoms. The van der Waals surface area contributed by atoms with E-state index in [0.29, 0.717) is 12.2 Å². The van der Waals surface area contributed by atoms with E-state index >= 15 is 0 Å². The molecule has 0 heterocycles. The zero-order valence-corrected chi connectivity index (χ0v) is 15.4. The zero-order chi connectivity index (χ0) is 20.4. The molecule has 1 rings (SSSR count). The molecule has 9 heteroatoms. The van der Waals surface area contributed by atoms with Crippen molar-refractivity contribution in [1.82, 2.24) is 10.2 Å². The van der Waals surface area contributed by atoms with Crippen molar-refractivity contribution >= 4 is 23.7 Å². The molecule has 0 saturated heterocycles. The minimum Gasteiger partial charge on any atom is -0.496 e. The van der Waals surface area contributed by atoms with Crippen molar-refractivity contribution in [2.75, 3.05) is 20.7 Å². The van der Waals surface area contributed by atoms with Crippen LogP contribution in [0.5, 0.6) is 5.75 Å². The average Bonchev–Trinajstić information content (AvgIpc) is 2.62. The van der Waals surface area contributed by atoms with Crippen LogP contribution in [-0.4, -0.2) is 60.4 Å². The lowest BCUT2D eigenvalue weighted by Gasteiger charge is -2.20. The molecule has 0 aliphatic heterocycles. The minimum atomic E-state index is -1.10. The van der Waals surface area contributed by atoms with Gasteiger partial charge in [-0.1, -0.05) is 18.2 Å². The number of nitrogens with zero attached hydrogens (tertiary/aromatic N) is 1. The third-order valence-corrected chi connectivity index (χ3v) is 3.93. The molecular formula is C18H25N3O6. The third kappa shape index (κ3) is 7.76. The lowest BCUT2D eigenvalue weighted by molar-refractivity contribution is -0.138. The highest BCUT2D eigenvalue weighted by atomic mass is 16.5. The van der Waals surface area contributed by atoms with E-state index in [9.17, 15) is 19.2 Å². The van der Waals surface area contributed by atoms with Crippen LogP contribution < -0.4 is 15.8 Å². The van der Waals surface area contributed by atoms with Crippen LogP contribution in [0, 0.1) is 0 Å². The highest BCUT2D eigenvalue weighted by Crippen LogP contribution is 2.19. The summed E-state index contributed by atoms with van der Waals surface area (Å²) in [6, 6.07) is 6.25. The van der Waals surface area contributed by atoms with Gasteiger partial charge in [-0.2, -0.15) is 0 Å². The number of carbonyl (C=O) groups is 4. The number of ether oxygens (including phenoxy) is 1. The first-order valence-electron chi connectivity index (χ1n) is 8.41. The molecule has 0 aliphatic rings. The van der Waals surface area contributed by atoms with Gasteiger partial charge in [0.1, 0.15) is 11.8 Å². The van der Waals surface area contributed by atoms with E-state index in [0.717, 1.165) is 5.56 Å². The quantitative estimate of drug-likeness (QED) is 0.491. The summed E-state index contributed by atoms with van der Waals surface area (Å²) in [5.41, 5.74) is 6.05. The second-order valence-electron chi connectivity index (χ2n) is 6.02. The van der Waals surface area contributed by atoms with Crippen molar-refractivity contribution < 1.29 is 29.0 Å². The highest BCUT2D eigenvalue weighted by Gasteiger charge is 2.21. The molecule has 0 spiro atoms. The number of aryl methyl sites for hydroxylation is 1. The summed E-state index contributed by atoms with van der Waals surface area (Å²) >= 11 is 0. The number of amides is 3. The number of benzene rings is 1. The Morgan fingerprint density at radius 2 is 1.89 bits per heavy atom. The first-order chi connectivity index (χ1) is 12.7. The molecule has 1 atom stereocenters. The summed E-state index contributed by atoms with van der Waals surface area (Å²) in [6.45, 7) is -0.262. The lowest BCUT2D eigenvalue weighted by atomic mass is 10.1. The molecule has 3 amide bonds. The van der Waals surface area contributed by atoms with Gasteiger partial charge in [-0.25, -0.2) is 0 Å². The Bertz CT molecular complexity index is 691. The fraction of sp³-hybridized carbons (Fsp3) is 0.444. The van der Waals surface area contributed by atoms with E-state index < -0.39 is 23.8 Å². The molecule has 27 heavy (non-hydrogen) atoms. The first-order valence-corrected chi connectivity index (χ1v) is 8.41. The number of para-hydroxylation sites is 1. The summed E-state index contributed by atoms with van der Waals surface area (Å²) in [7, 11) is 3.03. The molecule has 4 N–H and O–H groups in total. The number of nitrogens with one attached hydrogen (secondary N) is 1. The number of carboxylic acid groups (broad SMARTS) is 1.